The van der Waals surface area contributed by atoms with E-state index in [1.165, 1.54) is 19.7 Å². The van der Waals surface area contributed by atoms with E-state index in [1.54, 1.807) is 0 Å². The van der Waals surface area contributed by atoms with Crippen molar-refractivity contribution in [3.05, 3.63) is 17.2 Å². The van der Waals surface area contributed by atoms with Gasteiger partial charge in [-0.15, -0.1) is 0 Å². The molecule has 0 aromatic carbocycles. The number of ether oxygens (including phenoxy) is 1. The Kier molecular flexibility index (Phi) is 3.80. The number of rotatable bonds is 2. The van der Waals surface area contributed by atoms with Crippen LogP contribution in [0.5, 0.6) is 6.01 Å². The molecule has 7 heteroatoms. The molecule has 5 nitrogen and oxygen atoms in total. The summed E-state index contributed by atoms with van der Waals surface area (Å²) in [5, 5.41) is 0.369. The number of halogens is 2. The molecular formula is C14H16ClFN4O. The topological polar surface area (TPSA) is 51.1 Å². The van der Waals surface area contributed by atoms with E-state index in [9.17, 15) is 4.39 Å². The van der Waals surface area contributed by atoms with Gasteiger partial charge in [-0.2, -0.15) is 9.97 Å². The van der Waals surface area contributed by atoms with Crippen LogP contribution >= 0.6 is 11.6 Å². The molecule has 3 heterocycles. The largest absolute Gasteiger partial charge is 0.467 e. The van der Waals surface area contributed by atoms with Crippen molar-refractivity contribution in [1.29, 1.82) is 0 Å². The zero-order chi connectivity index (χ0) is 15.0. The van der Waals surface area contributed by atoms with Crippen LogP contribution in [0.15, 0.2) is 6.20 Å². The predicted molar refractivity (Wildman–Crippen MR) is 79.5 cm³/mol. The lowest BCUT2D eigenvalue weighted by Gasteiger charge is -2.32. The summed E-state index contributed by atoms with van der Waals surface area (Å²) in [6.45, 7) is 3.95. The van der Waals surface area contributed by atoms with Crippen LogP contribution < -0.4 is 9.64 Å². The Labute approximate surface area is 127 Å². The average Bonchev–Trinajstić information content (AvgIpc) is 2.50. The molecule has 3 rings (SSSR count). The number of anilines is 1. The monoisotopic (exact) mass is 310 g/mol. The highest BCUT2D eigenvalue weighted by Gasteiger charge is 2.23. The standard InChI is InChI=1S/C14H16ClFN4O/c1-8-4-3-5-20(7-8)13-9-6-17-12(15)10(16)11(9)18-14(19-13)21-2/h6,8H,3-5,7H2,1-2H3. The second kappa shape index (κ2) is 5.60. The van der Waals surface area contributed by atoms with Crippen LogP contribution in [-0.4, -0.2) is 35.2 Å². The van der Waals surface area contributed by atoms with Crippen LogP contribution in [0.3, 0.4) is 0 Å². The van der Waals surface area contributed by atoms with Crippen molar-refractivity contribution < 1.29 is 9.13 Å². The Balaban J connectivity index is 2.18. The quantitative estimate of drug-likeness (QED) is 0.798. The third kappa shape index (κ3) is 2.60. The lowest BCUT2D eigenvalue weighted by molar-refractivity contribution is 0.379. The average molecular weight is 311 g/mol. The first-order valence-corrected chi connectivity index (χ1v) is 7.28. The first kappa shape index (κ1) is 14.3. The highest BCUT2D eigenvalue weighted by Crippen LogP contribution is 2.31. The van der Waals surface area contributed by atoms with Gasteiger partial charge in [0.25, 0.3) is 0 Å². The summed E-state index contributed by atoms with van der Waals surface area (Å²) < 4.78 is 19.3. The Morgan fingerprint density at radius 2 is 2.24 bits per heavy atom. The normalized spacial score (nSPS) is 19.0. The zero-order valence-corrected chi connectivity index (χ0v) is 12.7. The number of methoxy groups -OCH3 is 1. The van der Waals surface area contributed by atoms with Gasteiger partial charge >= 0.3 is 6.01 Å². The van der Waals surface area contributed by atoms with E-state index in [2.05, 4.69) is 26.8 Å². The molecule has 0 aliphatic carbocycles. The molecule has 2 aromatic heterocycles. The van der Waals surface area contributed by atoms with Gasteiger partial charge in [0.1, 0.15) is 11.3 Å². The number of nitrogens with zero attached hydrogens (tertiary/aromatic N) is 4. The maximum Gasteiger partial charge on any atom is 0.318 e. The number of piperidine rings is 1. The van der Waals surface area contributed by atoms with Crippen LogP contribution in [0.1, 0.15) is 19.8 Å². The molecule has 0 spiro atoms. The molecule has 1 aliphatic rings. The number of hydrogen-bond donors (Lipinski definition) is 0. The summed E-state index contributed by atoms with van der Waals surface area (Å²) in [6, 6.07) is 0.136. The van der Waals surface area contributed by atoms with Crippen LogP contribution in [-0.2, 0) is 0 Å². The fourth-order valence-electron chi connectivity index (χ4n) is 2.71. The highest BCUT2D eigenvalue weighted by atomic mass is 35.5. The molecule has 0 N–H and O–H groups in total. The first-order valence-electron chi connectivity index (χ1n) is 6.91. The minimum atomic E-state index is -0.638. The van der Waals surface area contributed by atoms with Gasteiger partial charge in [0.05, 0.1) is 12.5 Å². The number of aromatic nitrogens is 3. The molecule has 1 atom stereocenters. The zero-order valence-electron chi connectivity index (χ0n) is 11.9. The van der Waals surface area contributed by atoms with E-state index >= 15 is 0 Å². The molecular weight excluding hydrogens is 295 g/mol. The maximum absolute atomic E-state index is 14.2. The number of pyridine rings is 1. The lowest BCUT2D eigenvalue weighted by Crippen LogP contribution is -2.35. The van der Waals surface area contributed by atoms with Crippen molar-refractivity contribution in [2.24, 2.45) is 5.92 Å². The molecule has 112 valence electrons. The van der Waals surface area contributed by atoms with Crippen molar-refractivity contribution in [2.45, 2.75) is 19.8 Å². The highest BCUT2D eigenvalue weighted by molar-refractivity contribution is 6.30. The first-order chi connectivity index (χ1) is 10.1. The molecule has 21 heavy (non-hydrogen) atoms. The fraction of sp³-hybridized carbons (Fsp3) is 0.500. The van der Waals surface area contributed by atoms with Crippen molar-refractivity contribution >= 4 is 28.3 Å². The van der Waals surface area contributed by atoms with Crippen LogP contribution in [0.2, 0.25) is 5.15 Å². The summed E-state index contributed by atoms with van der Waals surface area (Å²) in [6.07, 6.45) is 3.79. The summed E-state index contributed by atoms with van der Waals surface area (Å²) in [5.74, 6) is 0.590. The fourth-order valence-corrected chi connectivity index (χ4v) is 2.85. The maximum atomic E-state index is 14.2. The van der Waals surface area contributed by atoms with Gasteiger partial charge in [0, 0.05) is 19.3 Å². The third-order valence-corrected chi connectivity index (χ3v) is 4.00. The smallest absolute Gasteiger partial charge is 0.318 e. The molecule has 0 radical (unpaired) electrons. The van der Waals surface area contributed by atoms with Gasteiger partial charge in [-0.05, 0) is 18.8 Å². The summed E-state index contributed by atoms with van der Waals surface area (Å²) >= 11 is 5.74. The predicted octanol–water partition coefficient (Wildman–Crippen LogP) is 3.06. The minimum absolute atomic E-state index is 0.136. The molecule has 1 unspecified atom stereocenters. The Hall–Kier alpha value is -1.69. The van der Waals surface area contributed by atoms with Crippen molar-refractivity contribution in [3.8, 4) is 6.01 Å². The van der Waals surface area contributed by atoms with Gasteiger partial charge < -0.3 is 9.64 Å². The summed E-state index contributed by atoms with van der Waals surface area (Å²) in [7, 11) is 1.46. The van der Waals surface area contributed by atoms with Gasteiger partial charge in [0.15, 0.2) is 11.0 Å². The van der Waals surface area contributed by atoms with Crippen LogP contribution in [0, 0.1) is 11.7 Å². The van der Waals surface area contributed by atoms with Crippen LogP contribution in [0.25, 0.3) is 10.9 Å². The van der Waals surface area contributed by atoms with Crippen molar-refractivity contribution in [2.75, 3.05) is 25.1 Å². The van der Waals surface area contributed by atoms with E-state index in [4.69, 9.17) is 16.3 Å². The van der Waals surface area contributed by atoms with E-state index < -0.39 is 5.82 Å². The summed E-state index contributed by atoms with van der Waals surface area (Å²) in [4.78, 5) is 14.5. The van der Waals surface area contributed by atoms with E-state index in [1.807, 2.05) is 0 Å². The second-order valence-corrected chi connectivity index (χ2v) is 5.71. The number of hydrogen-bond acceptors (Lipinski definition) is 5. The van der Waals surface area contributed by atoms with E-state index in [0.29, 0.717) is 17.1 Å². The third-order valence-electron chi connectivity index (χ3n) is 3.74. The Morgan fingerprint density at radius 1 is 1.43 bits per heavy atom. The van der Waals surface area contributed by atoms with Gasteiger partial charge in [-0.3, -0.25) is 0 Å². The number of fused-ring (bicyclic) bond motifs is 1. The minimum Gasteiger partial charge on any atom is -0.467 e. The van der Waals surface area contributed by atoms with Crippen LogP contribution in [0.4, 0.5) is 10.2 Å². The van der Waals surface area contributed by atoms with E-state index in [-0.39, 0.29) is 16.7 Å². The van der Waals surface area contributed by atoms with E-state index in [0.717, 1.165) is 19.5 Å². The molecule has 1 fully saturated rings. The molecule has 2 aromatic rings. The molecule has 0 amide bonds. The molecule has 0 saturated carbocycles. The Morgan fingerprint density at radius 3 is 2.95 bits per heavy atom. The van der Waals surface area contributed by atoms with Gasteiger partial charge in [-0.1, -0.05) is 18.5 Å². The Bertz CT molecular complexity index is 682. The SMILES string of the molecule is COc1nc(N2CCCC(C)C2)c2cnc(Cl)c(F)c2n1. The second-order valence-electron chi connectivity index (χ2n) is 5.35. The van der Waals surface area contributed by atoms with Crippen molar-refractivity contribution in [3.63, 3.8) is 0 Å². The lowest BCUT2D eigenvalue weighted by atomic mass is 10.00. The van der Waals surface area contributed by atoms with Gasteiger partial charge in [-0.25, -0.2) is 9.37 Å². The molecule has 1 saturated heterocycles. The van der Waals surface area contributed by atoms with Crippen molar-refractivity contribution in [1.82, 2.24) is 15.0 Å². The molecule has 0 bridgehead atoms. The summed E-state index contributed by atoms with van der Waals surface area (Å²) in [5.41, 5.74) is 0.148. The molecule has 1 aliphatic heterocycles. The van der Waals surface area contributed by atoms with Gasteiger partial charge in [0.2, 0.25) is 0 Å².